The molecule has 1 aromatic carbocycles. The van der Waals surface area contributed by atoms with E-state index in [0.29, 0.717) is 42.7 Å². The Balaban J connectivity index is 1.61. The highest BCUT2D eigenvalue weighted by molar-refractivity contribution is 7.89. The van der Waals surface area contributed by atoms with Crippen LogP contribution < -0.4 is 5.32 Å². The van der Waals surface area contributed by atoms with E-state index >= 15 is 0 Å². The van der Waals surface area contributed by atoms with Crippen molar-refractivity contribution in [2.45, 2.75) is 38.6 Å². The highest BCUT2D eigenvalue weighted by Gasteiger charge is 2.32. The second-order valence-corrected chi connectivity index (χ2v) is 9.12. The molecule has 0 spiro atoms. The summed E-state index contributed by atoms with van der Waals surface area (Å²) in [5.74, 6) is 0.104. The normalized spacial score (nSPS) is 17.4. The number of carbonyl (C=O) groups excluding carboxylic acids is 1. The molecule has 0 saturated carbocycles. The van der Waals surface area contributed by atoms with E-state index in [1.165, 1.54) is 4.31 Å². The monoisotopic (exact) mass is 406 g/mol. The van der Waals surface area contributed by atoms with Crippen LogP contribution in [0.4, 0.5) is 5.88 Å². The van der Waals surface area contributed by atoms with Gasteiger partial charge in [0.15, 0.2) is 0 Å². The fourth-order valence-electron chi connectivity index (χ4n) is 3.17. The third kappa shape index (κ3) is 4.26. The second-order valence-electron chi connectivity index (χ2n) is 7.18. The molecule has 1 aliphatic heterocycles. The van der Waals surface area contributed by atoms with Crippen LogP contribution in [0.25, 0.3) is 0 Å². The first-order valence-electron chi connectivity index (χ1n) is 9.24. The van der Waals surface area contributed by atoms with Crippen LogP contribution in [-0.4, -0.2) is 60.9 Å². The van der Waals surface area contributed by atoms with Crippen molar-refractivity contribution in [1.82, 2.24) is 14.4 Å². The first-order valence-corrected chi connectivity index (χ1v) is 10.7. The molecule has 2 aromatic rings. The van der Waals surface area contributed by atoms with Gasteiger partial charge in [0, 0.05) is 32.2 Å². The number of hydrogen-bond donors (Lipinski definition) is 1. The number of nitrogens with zero attached hydrogens (tertiary/aromatic N) is 3. The molecule has 28 heavy (non-hydrogen) atoms. The number of anilines is 1. The van der Waals surface area contributed by atoms with Crippen LogP contribution in [0.15, 0.2) is 33.7 Å². The van der Waals surface area contributed by atoms with Gasteiger partial charge < -0.3 is 4.52 Å². The number of sulfonamides is 1. The van der Waals surface area contributed by atoms with Crippen molar-refractivity contribution in [3.05, 3.63) is 41.1 Å². The van der Waals surface area contributed by atoms with Crippen molar-refractivity contribution in [2.24, 2.45) is 0 Å². The molecule has 0 aliphatic carbocycles. The van der Waals surface area contributed by atoms with Crippen LogP contribution in [0.2, 0.25) is 0 Å². The predicted octanol–water partition coefficient (Wildman–Crippen LogP) is 1.93. The second kappa shape index (κ2) is 8.02. The summed E-state index contributed by atoms with van der Waals surface area (Å²) in [5, 5.41) is 6.44. The molecule has 8 nitrogen and oxygen atoms in total. The van der Waals surface area contributed by atoms with Crippen LogP contribution in [-0.2, 0) is 14.8 Å². The number of aryl methyl sites for hydroxylation is 3. The van der Waals surface area contributed by atoms with E-state index in [2.05, 4.69) is 10.5 Å². The Morgan fingerprint density at radius 1 is 1.11 bits per heavy atom. The Morgan fingerprint density at radius 2 is 1.79 bits per heavy atom. The van der Waals surface area contributed by atoms with Gasteiger partial charge in [-0.3, -0.25) is 15.0 Å². The fourth-order valence-corrected chi connectivity index (χ4v) is 4.68. The molecule has 1 atom stereocenters. The van der Waals surface area contributed by atoms with Gasteiger partial charge >= 0.3 is 0 Å². The zero-order valence-corrected chi connectivity index (χ0v) is 17.4. The quantitative estimate of drug-likeness (QED) is 0.815. The molecule has 1 amide bonds. The van der Waals surface area contributed by atoms with E-state index in [0.717, 1.165) is 11.1 Å². The lowest BCUT2D eigenvalue weighted by Gasteiger charge is -2.36. The zero-order chi connectivity index (χ0) is 20.5. The SMILES string of the molecule is Cc1cc(NC(=O)C(C)N2CCN(S(=O)(=O)c3ccc(C)c(C)c3)CC2)on1. The molecule has 1 saturated heterocycles. The Labute approximate surface area is 165 Å². The van der Waals surface area contributed by atoms with Crippen LogP contribution in [0.1, 0.15) is 23.7 Å². The maximum absolute atomic E-state index is 12.9. The van der Waals surface area contributed by atoms with E-state index in [1.807, 2.05) is 24.8 Å². The van der Waals surface area contributed by atoms with E-state index < -0.39 is 16.1 Å². The molecule has 9 heteroatoms. The van der Waals surface area contributed by atoms with Gasteiger partial charge in [0.1, 0.15) is 0 Å². The fraction of sp³-hybridized carbons (Fsp3) is 0.474. The average Bonchev–Trinajstić information content (AvgIpc) is 3.08. The van der Waals surface area contributed by atoms with Crippen molar-refractivity contribution < 1.29 is 17.7 Å². The molecular formula is C19H26N4O4S. The third-order valence-corrected chi connectivity index (χ3v) is 7.09. The molecule has 3 rings (SSSR count). The molecule has 2 heterocycles. The van der Waals surface area contributed by atoms with Crippen molar-refractivity contribution in [2.75, 3.05) is 31.5 Å². The summed E-state index contributed by atoms with van der Waals surface area (Å²) in [6.07, 6.45) is 0. The predicted molar refractivity (Wildman–Crippen MR) is 106 cm³/mol. The summed E-state index contributed by atoms with van der Waals surface area (Å²) in [7, 11) is -3.53. The summed E-state index contributed by atoms with van der Waals surface area (Å²) in [6, 6.07) is 6.44. The Morgan fingerprint density at radius 3 is 2.36 bits per heavy atom. The van der Waals surface area contributed by atoms with Crippen LogP contribution in [0, 0.1) is 20.8 Å². The van der Waals surface area contributed by atoms with E-state index in [9.17, 15) is 13.2 Å². The smallest absolute Gasteiger partial charge is 0.243 e. The van der Waals surface area contributed by atoms with Crippen LogP contribution in [0.5, 0.6) is 0 Å². The van der Waals surface area contributed by atoms with Crippen molar-refractivity contribution in [3.63, 3.8) is 0 Å². The van der Waals surface area contributed by atoms with E-state index in [4.69, 9.17) is 4.52 Å². The number of piperazine rings is 1. The van der Waals surface area contributed by atoms with Gasteiger partial charge in [-0.15, -0.1) is 0 Å². The van der Waals surface area contributed by atoms with Gasteiger partial charge in [0.05, 0.1) is 16.6 Å². The number of nitrogens with one attached hydrogen (secondary N) is 1. The molecular weight excluding hydrogens is 380 g/mol. The minimum absolute atomic E-state index is 0.207. The molecule has 0 bridgehead atoms. The van der Waals surface area contributed by atoms with Crippen molar-refractivity contribution in [3.8, 4) is 0 Å². The van der Waals surface area contributed by atoms with Crippen LogP contribution in [0.3, 0.4) is 0 Å². The summed E-state index contributed by atoms with van der Waals surface area (Å²) in [4.78, 5) is 14.7. The summed E-state index contributed by atoms with van der Waals surface area (Å²) in [6.45, 7) is 9.08. The van der Waals surface area contributed by atoms with Gasteiger partial charge in [-0.25, -0.2) is 8.42 Å². The Bertz CT molecular complexity index is 962. The maximum Gasteiger partial charge on any atom is 0.243 e. The summed E-state index contributed by atoms with van der Waals surface area (Å²) in [5.41, 5.74) is 2.70. The van der Waals surface area contributed by atoms with E-state index in [1.54, 1.807) is 32.0 Å². The first kappa shape index (κ1) is 20.5. The highest BCUT2D eigenvalue weighted by atomic mass is 32.2. The molecule has 0 radical (unpaired) electrons. The number of aromatic nitrogens is 1. The van der Waals surface area contributed by atoms with Crippen LogP contribution >= 0.6 is 0 Å². The largest absolute Gasteiger partial charge is 0.338 e. The van der Waals surface area contributed by atoms with Gasteiger partial charge in [0.25, 0.3) is 0 Å². The van der Waals surface area contributed by atoms with Crippen molar-refractivity contribution in [1.29, 1.82) is 0 Å². The summed E-state index contributed by atoms with van der Waals surface area (Å²) >= 11 is 0. The lowest BCUT2D eigenvalue weighted by Crippen LogP contribution is -2.53. The first-order chi connectivity index (χ1) is 13.2. The summed E-state index contributed by atoms with van der Waals surface area (Å²) < 4.78 is 32.3. The number of amides is 1. The number of benzene rings is 1. The maximum atomic E-state index is 12.9. The number of rotatable bonds is 5. The Kier molecular flexibility index (Phi) is 5.87. The average molecular weight is 407 g/mol. The van der Waals surface area contributed by atoms with Gasteiger partial charge in [0.2, 0.25) is 21.8 Å². The minimum atomic E-state index is -3.53. The van der Waals surface area contributed by atoms with E-state index in [-0.39, 0.29) is 5.91 Å². The van der Waals surface area contributed by atoms with Crippen molar-refractivity contribution >= 4 is 21.8 Å². The zero-order valence-electron chi connectivity index (χ0n) is 16.6. The van der Waals surface area contributed by atoms with Gasteiger partial charge in [-0.05, 0) is 51.0 Å². The van der Waals surface area contributed by atoms with Gasteiger partial charge in [-0.2, -0.15) is 4.31 Å². The standard InChI is InChI=1S/C19H26N4O4S/c1-13-5-6-17(11-14(13)2)28(25,26)23-9-7-22(8-10-23)16(4)19(24)20-18-12-15(3)21-27-18/h5-6,11-12,16H,7-10H2,1-4H3,(H,20,24). The lowest BCUT2D eigenvalue weighted by atomic mass is 10.1. The molecule has 1 aromatic heterocycles. The lowest BCUT2D eigenvalue weighted by molar-refractivity contribution is -0.121. The highest BCUT2D eigenvalue weighted by Crippen LogP contribution is 2.21. The molecule has 1 unspecified atom stereocenters. The topological polar surface area (TPSA) is 95.8 Å². The number of carbonyl (C=O) groups is 1. The molecule has 1 fully saturated rings. The molecule has 152 valence electrons. The minimum Gasteiger partial charge on any atom is -0.338 e. The third-order valence-electron chi connectivity index (χ3n) is 5.19. The Hall–Kier alpha value is -2.23. The number of hydrogen-bond acceptors (Lipinski definition) is 6. The molecule has 1 N–H and O–H groups in total. The molecule has 1 aliphatic rings. The van der Waals surface area contributed by atoms with Gasteiger partial charge in [-0.1, -0.05) is 11.2 Å².